The van der Waals surface area contributed by atoms with Crippen molar-refractivity contribution in [1.29, 1.82) is 0 Å². The minimum Gasteiger partial charge on any atom is -0.481 e. The number of β-amino-alcohol motifs (C(OH)–C–C–N with tert-alkyl or cyclic N) is 2. The molecule has 6 rings (SSSR count). The number of ether oxygens (including phenoxy) is 4. The second-order valence-corrected chi connectivity index (χ2v) is 29.8. The van der Waals surface area contributed by atoms with Gasteiger partial charge in [-0.2, -0.15) is 8.61 Å². The van der Waals surface area contributed by atoms with E-state index in [-0.39, 0.29) is 109 Å². The molecular formula is C66H94ClN8O23S2+. The first kappa shape index (κ1) is 86.1. The zero-order valence-corrected chi connectivity index (χ0v) is 59.9. The van der Waals surface area contributed by atoms with Crippen LogP contribution in [0.3, 0.4) is 0 Å². The number of amides is 3. The predicted octanol–water partition coefficient (Wildman–Crippen LogP) is 5.03. The van der Waals surface area contributed by atoms with E-state index in [1.165, 1.54) is 42.5 Å². The van der Waals surface area contributed by atoms with E-state index in [2.05, 4.69) is 35.7 Å². The number of aliphatic hydroxyl groups excluding tert-OH is 2. The van der Waals surface area contributed by atoms with Crippen LogP contribution in [0.2, 0.25) is 0 Å². The van der Waals surface area contributed by atoms with E-state index in [9.17, 15) is 90.7 Å². The Morgan fingerprint density at radius 2 is 1.13 bits per heavy atom. The number of aliphatic carboxylic acids is 1. The number of para-hydroxylation sites is 2. The van der Waals surface area contributed by atoms with Crippen LogP contribution >= 0.6 is 12.4 Å². The third-order valence-corrected chi connectivity index (χ3v) is 20.1. The molecule has 0 radical (unpaired) electrons. The number of carbonyl (C=O) groups is 8. The molecule has 2 saturated heterocycles. The Morgan fingerprint density at radius 1 is 0.700 bits per heavy atom. The molecule has 100 heavy (non-hydrogen) atoms. The smallest absolute Gasteiger partial charge is 0.332 e. The van der Waals surface area contributed by atoms with Gasteiger partial charge in [0.1, 0.15) is 28.3 Å². The van der Waals surface area contributed by atoms with Crippen molar-refractivity contribution in [2.24, 2.45) is 23.7 Å². The maximum Gasteiger partial charge on any atom is 0.332 e. The van der Waals surface area contributed by atoms with E-state index in [1.54, 1.807) is 61.5 Å². The fraction of sp³-hybridized carbons (Fsp3) is 0.576. The number of aliphatic hydroxyl groups is 2. The number of nitrogens with one attached hydrogen (secondary N) is 3. The summed E-state index contributed by atoms with van der Waals surface area (Å²) in [6.07, 6.45) is 4.25. The van der Waals surface area contributed by atoms with Crippen LogP contribution in [0.4, 0.5) is 11.4 Å². The molecule has 0 spiro atoms. The van der Waals surface area contributed by atoms with Crippen molar-refractivity contribution in [2.75, 3.05) is 52.5 Å². The van der Waals surface area contributed by atoms with E-state index < -0.39 is 170 Å². The molecule has 4 fully saturated rings. The number of hydrogen-bond donors (Lipinski definition) is 6. The molecule has 4 aliphatic rings. The van der Waals surface area contributed by atoms with Crippen LogP contribution in [-0.4, -0.2) is 202 Å². The van der Waals surface area contributed by atoms with Gasteiger partial charge >= 0.3 is 29.8 Å². The Morgan fingerprint density at radius 3 is 1.51 bits per heavy atom. The summed E-state index contributed by atoms with van der Waals surface area (Å²) in [6, 6.07) is 8.11. The third-order valence-electron chi connectivity index (χ3n) is 16.2. The molecule has 0 unspecified atom stereocenters. The van der Waals surface area contributed by atoms with Gasteiger partial charge in [-0.3, -0.25) is 49.0 Å². The van der Waals surface area contributed by atoms with Crippen LogP contribution in [0.25, 0.3) is 0 Å². The number of hydrogen-bond acceptors (Lipinski definition) is 23. The monoisotopic (exact) mass is 1470 g/mol. The lowest BCUT2D eigenvalue weighted by Gasteiger charge is -2.30. The molecule has 0 aromatic heterocycles. The summed E-state index contributed by atoms with van der Waals surface area (Å²) in [7, 11) is -8.79. The summed E-state index contributed by atoms with van der Waals surface area (Å²) in [5.74, 6) is -8.38. The van der Waals surface area contributed by atoms with Crippen LogP contribution in [0.5, 0.6) is 0 Å². The molecule has 31 nitrogen and oxygen atoms in total. The van der Waals surface area contributed by atoms with E-state index in [1.807, 2.05) is 0 Å². The number of nitro groups is 2. The number of nitrogens with zero attached hydrogens (tertiary/aromatic N) is 5. The molecular weight excluding hydrogens is 1370 g/mol. The van der Waals surface area contributed by atoms with Gasteiger partial charge in [-0.1, -0.05) is 42.5 Å². The van der Waals surface area contributed by atoms with E-state index >= 15 is 0 Å². The zero-order valence-electron chi connectivity index (χ0n) is 57.4. The number of rotatable bonds is 34. The van der Waals surface area contributed by atoms with Crippen LogP contribution in [-0.2, 0) is 77.4 Å². The summed E-state index contributed by atoms with van der Waals surface area (Å²) >= 11 is 0. The maximum absolute atomic E-state index is 14.2. The lowest BCUT2D eigenvalue weighted by molar-refractivity contribution is -0.388. The number of carboxylic acid groups (broad SMARTS) is 1. The summed E-state index contributed by atoms with van der Waals surface area (Å²) in [5, 5.41) is 60.8. The number of likely N-dealkylation sites (tertiary alicyclic amines) is 1. The normalized spacial score (nSPS) is 22.0. The fourth-order valence-electron chi connectivity index (χ4n) is 11.1. The second kappa shape index (κ2) is 37.5. The first-order valence-electron chi connectivity index (χ1n) is 32.2. The number of halogens is 1. The standard InChI is InChI=1S/C33H46N4O11S.C20H26N2O8S.C13H20N2O4.ClH/c1-7-10-16-35(49(45,46)27-14-12-11-13-25(27)37(43)44)17-15-22(18-28(39)48-32(4,5)6)30(41)36-21-24(38)19-26(36)29(40)34-33(20-23(33)8-2)31(42)47-9-3;1-5-6-12-21(31(28,29)17-10-8-7-9-16(17)22(26)27)13-11-15(19(24)25)14-18(23)30-20(2,3)4;1-3-8-6-13(8,12(18)19-4-2)15-11(17)10-5-9(16)7-14-10;/h7-8,11-14,22-24,26,38H,1-2,9-10,15-21H2,3-6H3,(H,34,40);1,5,7-10,15H,6,11-14H2,2-4H3;3,8-10,14,16H,1,4-7H2,2H3,(H,15,17);1H/p+1/t22-,23-,24-,26+,33-;15-;8-,9-,10+,13-;/m111./s1. The van der Waals surface area contributed by atoms with Gasteiger partial charge in [-0.25, -0.2) is 26.4 Å². The summed E-state index contributed by atoms with van der Waals surface area (Å²) in [4.78, 5) is 123. The molecule has 6 N–H and O–H groups in total. The van der Waals surface area contributed by atoms with Gasteiger partial charge in [-0.15, -0.1) is 32.1 Å². The summed E-state index contributed by atoms with van der Waals surface area (Å²) in [5.41, 5.74) is -5.22. The highest BCUT2D eigenvalue weighted by molar-refractivity contribution is 7.89. The first-order valence-corrected chi connectivity index (χ1v) is 35.0. The van der Waals surface area contributed by atoms with Crippen molar-refractivity contribution in [3.63, 3.8) is 0 Å². The van der Waals surface area contributed by atoms with Gasteiger partial charge < -0.3 is 55.1 Å². The van der Waals surface area contributed by atoms with Crippen molar-refractivity contribution >= 4 is 91.4 Å². The van der Waals surface area contributed by atoms with Gasteiger partial charge in [0.25, 0.3) is 11.4 Å². The number of benzene rings is 2. The molecule has 2 aromatic carbocycles. The number of nitro benzene ring substituents is 2. The van der Waals surface area contributed by atoms with Crippen molar-refractivity contribution in [1.82, 2.24) is 29.5 Å². The number of esters is 4. The van der Waals surface area contributed by atoms with Crippen LogP contribution in [0.1, 0.15) is 120 Å². The number of sulfonamides is 2. The second-order valence-electron chi connectivity index (χ2n) is 26.0. The van der Waals surface area contributed by atoms with Gasteiger partial charge in [0.2, 0.25) is 44.3 Å². The van der Waals surface area contributed by atoms with Gasteiger partial charge in [0.05, 0.1) is 60.1 Å². The van der Waals surface area contributed by atoms with Crippen LogP contribution < -0.4 is 16.0 Å². The average molecular weight is 1470 g/mol. The molecule has 2 heterocycles. The Hall–Kier alpha value is -8.14. The van der Waals surface area contributed by atoms with Gasteiger partial charge in [-0.05, 0) is 106 Å². The van der Waals surface area contributed by atoms with Crippen molar-refractivity contribution in [3.8, 4) is 0 Å². The molecule has 0 bridgehead atoms. The van der Waals surface area contributed by atoms with E-state index in [0.717, 1.165) is 37.8 Å². The van der Waals surface area contributed by atoms with Crippen LogP contribution in [0, 0.1) is 50.5 Å². The molecule has 34 heteroatoms. The molecule has 2 saturated carbocycles. The van der Waals surface area contributed by atoms with Gasteiger partial charge in [0.15, 0.2) is 15.9 Å². The Labute approximate surface area is 588 Å². The third kappa shape index (κ3) is 23.7. The lowest BCUT2D eigenvalue weighted by atomic mass is 9.98. The number of carboxylic acids is 1. The summed E-state index contributed by atoms with van der Waals surface area (Å²) in [6.45, 7) is 29.2. The average Bonchev–Trinajstić information content (AvgIpc) is 1.58. The quantitative estimate of drug-likeness (QED) is 0.0134. The first-order chi connectivity index (χ1) is 46.2. The zero-order chi connectivity index (χ0) is 74.6. The van der Waals surface area contributed by atoms with Crippen molar-refractivity contribution in [3.05, 3.63) is 119 Å². The fourth-order valence-corrected chi connectivity index (χ4v) is 14.3. The molecule has 554 valence electrons. The van der Waals surface area contributed by atoms with Crippen LogP contribution in [0.15, 0.2) is 102 Å². The lowest BCUT2D eigenvalue weighted by Crippen LogP contribution is -2.54. The highest BCUT2D eigenvalue weighted by Crippen LogP contribution is 2.47. The molecule has 2 aliphatic carbocycles. The SMILES string of the molecule is C=CCCN(CC[C@H](CC(=O)OC(C)(C)C)C(=O)N1C[C@H](O)C[C@H]1C(=O)N[C@]1(C(=O)OCC)C[C@H]1C=C)S(=O)(=O)c1ccccc1[N+](=O)[O-].C=C[C@@H]1C[C@]1(NC(=O)[C@@H]1C[C@@H](O)CN1)C(=O)OCC.Cl.[CH+]=CCCN(CC[C@H](CC(=O)OC(C)(C)C)C(=O)O)S(=O)(=O)c1ccccc1[N+](=O)[O-]. The largest absolute Gasteiger partial charge is 0.481 e. The molecule has 2 aliphatic heterocycles. The Bertz CT molecular complexity index is 3550. The summed E-state index contributed by atoms with van der Waals surface area (Å²) < 4.78 is 76.4. The van der Waals surface area contributed by atoms with Crippen molar-refractivity contribution < 1.29 is 99.3 Å². The molecule has 10 atom stereocenters. The van der Waals surface area contributed by atoms with Crippen molar-refractivity contribution in [2.45, 2.75) is 176 Å². The predicted molar refractivity (Wildman–Crippen MR) is 364 cm³/mol. The number of carbonyl (C=O) groups excluding carboxylic acids is 7. The molecule has 2 aromatic rings. The Kier molecular flexibility index (Phi) is 32.3. The molecule has 3 amide bonds. The minimum absolute atomic E-state index is 0. The van der Waals surface area contributed by atoms with E-state index in [0.29, 0.717) is 19.4 Å². The highest BCUT2D eigenvalue weighted by Gasteiger charge is 2.63. The van der Waals surface area contributed by atoms with Gasteiger partial charge in [0, 0.05) is 82.0 Å². The highest BCUT2D eigenvalue weighted by atomic mass is 35.5. The Balaban J connectivity index is 0.000000433. The maximum atomic E-state index is 14.2. The topological polar surface area (TPSA) is 435 Å². The van der Waals surface area contributed by atoms with E-state index in [4.69, 9.17) is 25.5 Å². The minimum atomic E-state index is -4.47.